The van der Waals surface area contributed by atoms with Gasteiger partial charge < -0.3 is 30.5 Å². The molecule has 11 heteroatoms. The van der Waals surface area contributed by atoms with E-state index in [-0.39, 0.29) is 12.2 Å². The fraction of sp³-hybridized carbons (Fsp3) is 0.639. The molecule has 11 nitrogen and oxygen atoms in total. The zero-order chi connectivity index (χ0) is 35.2. The molecule has 5 N–H and O–H groups in total. The van der Waals surface area contributed by atoms with E-state index in [1.54, 1.807) is 24.3 Å². The molecule has 0 bridgehead atoms. The lowest BCUT2D eigenvalue weighted by atomic mass is 9.82. The van der Waals surface area contributed by atoms with Crippen molar-refractivity contribution in [1.29, 1.82) is 0 Å². The molecule has 0 aliphatic heterocycles. The van der Waals surface area contributed by atoms with Crippen molar-refractivity contribution in [1.82, 2.24) is 5.32 Å². The summed E-state index contributed by atoms with van der Waals surface area (Å²) >= 11 is 0. The van der Waals surface area contributed by atoms with Gasteiger partial charge in [-0.15, -0.1) is 0 Å². The predicted octanol–water partition coefficient (Wildman–Crippen LogP) is 5.96. The van der Waals surface area contributed by atoms with Crippen molar-refractivity contribution in [2.45, 2.75) is 129 Å². The van der Waals surface area contributed by atoms with E-state index >= 15 is 0 Å². The molecule has 0 radical (unpaired) electrons. The third-order valence-electron chi connectivity index (χ3n) is 7.99. The van der Waals surface area contributed by atoms with Gasteiger partial charge in [-0.2, -0.15) is 0 Å². The van der Waals surface area contributed by atoms with E-state index in [1.165, 1.54) is 12.5 Å². The number of hydrogen-bond acceptors (Lipinski definition) is 7. The normalized spacial score (nSPS) is 14.0. The molecule has 1 rings (SSSR count). The molecule has 0 aliphatic carbocycles. The van der Waals surface area contributed by atoms with Crippen molar-refractivity contribution >= 4 is 29.6 Å². The van der Waals surface area contributed by atoms with Crippen molar-refractivity contribution in [2.24, 2.45) is 11.8 Å². The van der Waals surface area contributed by atoms with Gasteiger partial charge in [-0.3, -0.25) is 14.4 Å². The summed E-state index contributed by atoms with van der Waals surface area (Å²) in [7, 11) is 0. The minimum Gasteiger partial charge on any atom is -0.494 e. The second-order valence-corrected chi connectivity index (χ2v) is 12.6. The second kappa shape index (κ2) is 22.7. The highest BCUT2D eigenvalue weighted by atomic mass is 16.5. The molecule has 0 fully saturated rings. The standard InChI is InChI=1S/C36H55NO10/c1-4-5-6-9-12-15-28(38)16-13-10-7-8-11-14-17-30(36(46,35(44)45)25-32(39)40)33(41)37-31(34(42)43)24-27-18-20-29(21-19-27)47-23-22-26(2)3/h14,17-21,26,30-31,46H,4-13,15-16,22-25H2,1-3H3,(H,37,41)(H,39,40)(H,42,43)(H,44,45)/b17-14+/t30-,31-,36-/m0/s1. The molecule has 0 spiro atoms. The van der Waals surface area contributed by atoms with Crippen LogP contribution in [-0.4, -0.2) is 68.3 Å². The Kier molecular flexibility index (Phi) is 20.0. The highest BCUT2D eigenvalue weighted by Gasteiger charge is 2.49. The van der Waals surface area contributed by atoms with E-state index in [1.807, 2.05) is 0 Å². The topological polar surface area (TPSA) is 188 Å². The Balaban J connectivity index is 2.82. The molecule has 0 aliphatic rings. The molecule has 0 heterocycles. The Labute approximate surface area is 278 Å². The summed E-state index contributed by atoms with van der Waals surface area (Å²) in [5.74, 6) is -6.58. The van der Waals surface area contributed by atoms with Gasteiger partial charge in [0, 0.05) is 19.3 Å². The lowest BCUT2D eigenvalue weighted by Crippen LogP contribution is -2.55. The number of rotatable bonds is 27. The van der Waals surface area contributed by atoms with E-state index in [0.717, 1.165) is 57.4 Å². The lowest BCUT2D eigenvalue weighted by Gasteiger charge is -2.29. The molecular weight excluding hydrogens is 606 g/mol. The van der Waals surface area contributed by atoms with Crippen molar-refractivity contribution in [3.8, 4) is 5.75 Å². The van der Waals surface area contributed by atoms with Crippen LogP contribution in [0.1, 0.15) is 116 Å². The molecule has 47 heavy (non-hydrogen) atoms. The summed E-state index contributed by atoms with van der Waals surface area (Å²) in [6.07, 6.45) is 12.2. The lowest BCUT2D eigenvalue weighted by molar-refractivity contribution is -0.172. The predicted molar refractivity (Wildman–Crippen MR) is 178 cm³/mol. The minimum absolute atomic E-state index is 0.143. The highest BCUT2D eigenvalue weighted by Crippen LogP contribution is 2.26. The fourth-order valence-electron chi connectivity index (χ4n) is 5.07. The number of carboxylic acids is 3. The van der Waals surface area contributed by atoms with E-state index in [4.69, 9.17) is 4.74 Å². The Morgan fingerprint density at radius 3 is 2.00 bits per heavy atom. The van der Waals surface area contributed by atoms with Gasteiger partial charge in [0.1, 0.15) is 17.6 Å². The number of carbonyl (C=O) groups excluding carboxylic acids is 2. The van der Waals surface area contributed by atoms with Crippen LogP contribution in [0.2, 0.25) is 0 Å². The molecular formula is C36H55NO10. The van der Waals surface area contributed by atoms with E-state index < -0.39 is 47.8 Å². The third-order valence-corrected chi connectivity index (χ3v) is 7.99. The molecule has 0 unspecified atom stereocenters. The molecule has 3 atom stereocenters. The zero-order valence-corrected chi connectivity index (χ0v) is 28.2. The number of ketones is 1. The van der Waals surface area contributed by atoms with Crippen LogP contribution in [0.15, 0.2) is 36.4 Å². The first-order valence-corrected chi connectivity index (χ1v) is 16.9. The quantitative estimate of drug-likeness (QED) is 0.0556. The number of nitrogens with one attached hydrogen (secondary N) is 1. The van der Waals surface area contributed by atoms with Crippen molar-refractivity contribution in [3.05, 3.63) is 42.0 Å². The van der Waals surface area contributed by atoms with Crippen molar-refractivity contribution in [3.63, 3.8) is 0 Å². The van der Waals surface area contributed by atoms with Crippen LogP contribution < -0.4 is 10.1 Å². The number of amides is 1. The van der Waals surface area contributed by atoms with Crippen molar-refractivity contribution in [2.75, 3.05) is 6.61 Å². The first-order valence-electron chi connectivity index (χ1n) is 16.9. The second-order valence-electron chi connectivity index (χ2n) is 12.6. The van der Waals surface area contributed by atoms with E-state index in [2.05, 4.69) is 26.1 Å². The van der Waals surface area contributed by atoms with Gasteiger partial charge in [0.05, 0.1) is 18.9 Å². The van der Waals surface area contributed by atoms with Crippen LogP contribution in [-0.2, 0) is 30.4 Å². The molecule has 0 saturated carbocycles. The number of Topliss-reactive ketones (excluding diaryl/α,β-unsaturated/α-hetero) is 1. The zero-order valence-electron chi connectivity index (χ0n) is 28.2. The Morgan fingerprint density at radius 2 is 1.47 bits per heavy atom. The maximum atomic E-state index is 13.3. The third kappa shape index (κ3) is 17.1. The maximum Gasteiger partial charge on any atom is 0.337 e. The summed E-state index contributed by atoms with van der Waals surface area (Å²) in [5, 5.41) is 42.1. The number of carboxylic acid groups (broad SMARTS) is 3. The fourth-order valence-corrected chi connectivity index (χ4v) is 5.07. The van der Waals surface area contributed by atoms with Gasteiger partial charge in [-0.1, -0.05) is 83.6 Å². The first kappa shape index (κ1) is 41.3. The molecule has 0 saturated heterocycles. The molecule has 0 aromatic heterocycles. The Morgan fingerprint density at radius 1 is 0.872 bits per heavy atom. The van der Waals surface area contributed by atoms with Gasteiger partial charge in [-0.05, 0) is 55.7 Å². The van der Waals surface area contributed by atoms with E-state index in [0.29, 0.717) is 49.5 Å². The van der Waals surface area contributed by atoms with Gasteiger partial charge in [0.15, 0.2) is 5.60 Å². The number of carbonyl (C=O) groups is 5. The summed E-state index contributed by atoms with van der Waals surface area (Å²) in [4.78, 5) is 60.9. The molecule has 1 aromatic carbocycles. The van der Waals surface area contributed by atoms with Gasteiger partial charge >= 0.3 is 17.9 Å². The summed E-state index contributed by atoms with van der Waals surface area (Å²) in [5.41, 5.74) is -2.45. The number of unbranched alkanes of at least 4 members (excludes halogenated alkanes) is 8. The highest BCUT2D eigenvalue weighted by molar-refractivity contribution is 5.94. The average molecular weight is 662 g/mol. The number of allylic oxidation sites excluding steroid dienone is 1. The molecule has 264 valence electrons. The van der Waals surface area contributed by atoms with Gasteiger partial charge in [0.2, 0.25) is 5.91 Å². The average Bonchev–Trinajstić information content (AvgIpc) is 2.99. The maximum absolute atomic E-state index is 13.3. The SMILES string of the molecule is CCCCCCCC(=O)CCCCCC/C=C/[C@@H](C(=O)N[C@@H](Cc1ccc(OCCC(C)C)cc1)C(=O)O)[C@@](O)(CC(=O)O)C(=O)O. The van der Waals surface area contributed by atoms with Crippen LogP contribution in [0, 0.1) is 11.8 Å². The van der Waals surface area contributed by atoms with Crippen LogP contribution in [0.25, 0.3) is 0 Å². The summed E-state index contributed by atoms with van der Waals surface area (Å²) in [6.45, 7) is 6.84. The monoisotopic (exact) mass is 661 g/mol. The number of benzene rings is 1. The van der Waals surface area contributed by atoms with Crippen LogP contribution in [0.3, 0.4) is 0 Å². The Hall–Kier alpha value is -3.73. The number of ether oxygens (including phenoxy) is 1. The summed E-state index contributed by atoms with van der Waals surface area (Å²) in [6, 6.07) is 5.21. The van der Waals surface area contributed by atoms with Crippen LogP contribution in [0.5, 0.6) is 5.75 Å². The van der Waals surface area contributed by atoms with Crippen molar-refractivity contribution < 1.29 is 49.1 Å². The van der Waals surface area contributed by atoms with Crippen LogP contribution in [0.4, 0.5) is 0 Å². The van der Waals surface area contributed by atoms with Gasteiger partial charge in [0.25, 0.3) is 0 Å². The minimum atomic E-state index is -3.01. The Bertz CT molecular complexity index is 1150. The number of aliphatic hydroxyl groups is 1. The smallest absolute Gasteiger partial charge is 0.337 e. The number of aliphatic carboxylic acids is 3. The van der Waals surface area contributed by atoms with E-state index in [9.17, 15) is 44.4 Å². The summed E-state index contributed by atoms with van der Waals surface area (Å²) < 4.78 is 5.68. The number of hydrogen-bond donors (Lipinski definition) is 5. The molecule has 1 aromatic rings. The largest absolute Gasteiger partial charge is 0.494 e. The molecule has 1 amide bonds. The first-order chi connectivity index (χ1) is 22.3. The van der Waals surface area contributed by atoms with Crippen LogP contribution >= 0.6 is 0 Å². The van der Waals surface area contributed by atoms with Gasteiger partial charge in [-0.25, -0.2) is 9.59 Å².